The summed E-state index contributed by atoms with van der Waals surface area (Å²) < 4.78 is 0. The fourth-order valence-corrected chi connectivity index (χ4v) is 4.29. The first kappa shape index (κ1) is 14.7. The zero-order valence-corrected chi connectivity index (χ0v) is 13.9. The molecule has 0 saturated heterocycles. The minimum absolute atomic E-state index is 0.381. The van der Waals surface area contributed by atoms with E-state index in [9.17, 15) is 5.11 Å². The lowest BCUT2D eigenvalue weighted by Crippen LogP contribution is -2.28. The molecule has 1 nitrogen and oxygen atoms in total. The van der Waals surface area contributed by atoms with E-state index in [1.807, 2.05) is 6.07 Å². The van der Waals surface area contributed by atoms with E-state index in [0.29, 0.717) is 23.0 Å². The van der Waals surface area contributed by atoms with Crippen molar-refractivity contribution in [2.75, 3.05) is 0 Å². The zero-order valence-electron chi connectivity index (χ0n) is 13.9. The number of aryl methyl sites for hydroxylation is 1. The monoisotopic (exact) mass is 284 g/mol. The summed E-state index contributed by atoms with van der Waals surface area (Å²) in [6, 6.07) is 4.30. The maximum Gasteiger partial charge on any atom is 0.119 e. The van der Waals surface area contributed by atoms with Crippen LogP contribution in [0, 0.1) is 11.3 Å². The summed E-state index contributed by atoms with van der Waals surface area (Å²) >= 11 is 0. The van der Waals surface area contributed by atoms with Crippen LogP contribution in [0.5, 0.6) is 5.75 Å². The lowest BCUT2D eigenvalue weighted by atomic mass is 9.66. The quantitative estimate of drug-likeness (QED) is 0.704. The third-order valence-electron chi connectivity index (χ3n) is 5.60. The average Bonchev–Trinajstić information content (AvgIpc) is 2.56. The van der Waals surface area contributed by atoms with Crippen molar-refractivity contribution >= 4 is 5.57 Å². The normalized spacial score (nSPS) is 24.0. The van der Waals surface area contributed by atoms with Gasteiger partial charge >= 0.3 is 0 Å². The number of aromatic hydroxyl groups is 1. The zero-order chi connectivity index (χ0) is 15.2. The smallest absolute Gasteiger partial charge is 0.119 e. The summed E-state index contributed by atoms with van der Waals surface area (Å²) in [5.41, 5.74) is 5.75. The SMILES string of the molecule is CC(C)c1cc2c(cc1O)C1=CCCCC(C)(C)[C@@H]1CC2. The predicted octanol–water partition coefficient (Wildman–Crippen LogP) is 5.67. The van der Waals surface area contributed by atoms with Gasteiger partial charge in [-0.2, -0.15) is 0 Å². The molecule has 1 aromatic carbocycles. The number of phenols is 1. The molecule has 0 heterocycles. The first-order chi connectivity index (χ1) is 9.90. The molecule has 1 atom stereocenters. The molecule has 0 aromatic heterocycles. The summed E-state index contributed by atoms with van der Waals surface area (Å²) in [5.74, 6) is 1.51. The maximum atomic E-state index is 10.4. The van der Waals surface area contributed by atoms with E-state index in [2.05, 4.69) is 39.8 Å². The average molecular weight is 284 g/mol. The van der Waals surface area contributed by atoms with E-state index in [1.54, 1.807) is 0 Å². The third kappa shape index (κ3) is 2.52. The van der Waals surface area contributed by atoms with Crippen LogP contribution in [0.4, 0.5) is 0 Å². The van der Waals surface area contributed by atoms with Crippen LogP contribution < -0.4 is 0 Å². The number of allylic oxidation sites excluding steroid dienone is 2. The molecule has 0 fully saturated rings. The van der Waals surface area contributed by atoms with Gasteiger partial charge in [0.05, 0.1) is 0 Å². The van der Waals surface area contributed by atoms with E-state index in [1.165, 1.54) is 42.4 Å². The van der Waals surface area contributed by atoms with Crippen molar-refractivity contribution in [3.8, 4) is 5.75 Å². The second-order valence-corrected chi connectivity index (χ2v) is 7.85. The van der Waals surface area contributed by atoms with Crippen LogP contribution >= 0.6 is 0 Å². The van der Waals surface area contributed by atoms with Gasteiger partial charge in [-0.25, -0.2) is 0 Å². The molecule has 1 N–H and O–H groups in total. The Morgan fingerprint density at radius 2 is 2.00 bits per heavy atom. The van der Waals surface area contributed by atoms with Crippen molar-refractivity contribution in [3.63, 3.8) is 0 Å². The van der Waals surface area contributed by atoms with Gasteiger partial charge in [0.2, 0.25) is 0 Å². The summed E-state index contributed by atoms with van der Waals surface area (Å²) in [4.78, 5) is 0. The Labute approximate surface area is 129 Å². The lowest BCUT2D eigenvalue weighted by Gasteiger charge is -2.39. The lowest BCUT2D eigenvalue weighted by molar-refractivity contribution is 0.232. The van der Waals surface area contributed by atoms with E-state index in [0.717, 1.165) is 12.0 Å². The molecule has 3 rings (SSSR count). The number of phenolic OH excluding ortho intramolecular Hbond substituents is 1. The van der Waals surface area contributed by atoms with Crippen LogP contribution in [-0.2, 0) is 6.42 Å². The third-order valence-corrected chi connectivity index (χ3v) is 5.60. The number of rotatable bonds is 1. The van der Waals surface area contributed by atoms with Crippen LogP contribution in [0.1, 0.15) is 76.0 Å². The summed E-state index contributed by atoms with van der Waals surface area (Å²) in [6.45, 7) is 9.15. The van der Waals surface area contributed by atoms with E-state index >= 15 is 0 Å². The van der Waals surface area contributed by atoms with Gasteiger partial charge in [-0.05, 0) is 77.7 Å². The largest absolute Gasteiger partial charge is 0.508 e. The molecule has 0 aliphatic heterocycles. The fraction of sp³-hybridized carbons (Fsp3) is 0.600. The van der Waals surface area contributed by atoms with Gasteiger partial charge in [-0.1, -0.05) is 39.8 Å². The molecule has 0 amide bonds. The van der Waals surface area contributed by atoms with Crippen LogP contribution in [0.2, 0.25) is 0 Å². The van der Waals surface area contributed by atoms with Crippen LogP contribution in [0.15, 0.2) is 18.2 Å². The molecule has 2 aliphatic rings. The minimum atomic E-state index is 0.381. The molecular weight excluding hydrogens is 256 g/mol. The second-order valence-electron chi connectivity index (χ2n) is 7.85. The Balaban J connectivity index is 2.10. The number of hydrogen-bond acceptors (Lipinski definition) is 1. The Kier molecular flexibility index (Phi) is 3.63. The highest BCUT2D eigenvalue weighted by molar-refractivity contribution is 5.74. The van der Waals surface area contributed by atoms with Gasteiger partial charge in [0.1, 0.15) is 5.75 Å². The first-order valence-corrected chi connectivity index (χ1v) is 8.46. The molecule has 0 radical (unpaired) electrons. The second kappa shape index (κ2) is 5.19. The molecule has 0 bridgehead atoms. The van der Waals surface area contributed by atoms with E-state index < -0.39 is 0 Å². The van der Waals surface area contributed by atoms with Gasteiger partial charge < -0.3 is 5.11 Å². The predicted molar refractivity (Wildman–Crippen MR) is 89.6 cm³/mol. The van der Waals surface area contributed by atoms with E-state index in [-0.39, 0.29) is 0 Å². The molecule has 21 heavy (non-hydrogen) atoms. The molecule has 114 valence electrons. The Bertz CT molecular complexity index is 578. The fourth-order valence-electron chi connectivity index (χ4n) is 4.29. The van der Waals surface area contributed by atoms with Gasteiger partial charge in [-0.3, -0.25) is 0 Å². The van der Waals surface area contributed by atoms with Gasteiger partial charge in [0.15, 0.2) is 0 Å². The molecular formula is C20H28O. The maximum absolute atomic E-state index is 10.4. The topological polar surface area (TPSA) is 20.2 Å². The van der Waals surface area contributed by atoms with Gasteiger partial charge in [-0.15, -0.1) is 0 Å². The summed E-state index contributed by atoms with van der Waals surface area (Å²) in [7, 11) is 0. The van der Waals surface area contributed by atoms with Gasteiger partial charge in [0.25, 0.3) is 0 Å². The van der Waals surface area contributed by atoms with Crippen molar-refractivity contribution in [2.45, 2.75) is 65.7 Å². The summed E-state index contributed by atoms with van der Waals surface area (Å²) in [6.07, 6.45) is 8.64. The molecule has 0 spiro atoms. The number of fused-ring (bicyclic) bond motifs is 3. The Morgan fingerprint density at radius 3 is 2.71 bits per heavy atom. The number of benzene rings is 1. The Hall–Kier alpha value is -1.24. The molecule has 1 aromatic rings. The number of hydrogen-bond donors (Lipinski definition) is 1. The minimum Gasteiger partial charge on any atom is -0.508 e. The van der Waals surface area contributed by atoms with Gasteiger partial charge in [0, 0.05) is 0 Å². The van der Waals surface area contributed by atoms with Crippen molar-refractivity contribution in [3.05, 3.63) is 34.9 Å². The van der Waals surface area contributed by atoms with Crippen LogP contribution in [0.3, 0.4) is 0 Å². The van der Waals surface area contributed by atoms with Crippen molar-refractivity contribution in [1.82, 2.24) is 0 Å². The standard InChI is InChI=1S/C20H28O/c1-13(2)16-11-14-8-9-18-15(17(14)12-19(16)21)7-5-6-10-20(18,3)4/h7,11-13,18,21H,5-6,8-10H2,1-4H3/t18-/m1/s1. The van der Waals surface area contributed by atoms with Crippen LogP contribution in [-0.4, -0.2) is 5.11 Å². The molecule has 0 saturated carbocycles. The highest BCUT2D eigenvalue weighted by atomic mass is 16.3. The molecule has 1 heteroatoms. The molecule has 0 unspecified atom stereocenters. The highest BCUT2D eigenvalue weighted by Crippen LogP contribution is 2.50. The van der Waals surface area contributed by atoms with Crippen molar-refractivity contribution < 1.29 is 5.11 Å². The summed E-state index contributed by atoms with van der Waals surface area (Å²) in [5, 5.41) is 10.4. The van der Waals surface area contributed by atoms with Crippen molar-refractivity contribution in [2.24, 2.45) is 11.3 Å². The first-order valence-electron chi connectivity index (χ1n) is 8.46. The van der Waals surface area contributed by atoms with Crippen molar-refractivity contribution in [1.29, 1.82) is 0 Å². The highest BCUT2D eigenvalue weighted by Gasteiger charge is 2.37. The van der Waals surface area contributed by atoms with E-state index in [4.69, 9.17) is 0 Å². The Morgan fingerprint density at radius 1 is 1.24 bits per heavy atom. The van der Waals surface area contributed by atoms with Crippen LogP contribution in [0.25, 0.3) is 5.57 Å². The molecule has 2 aliphatic carbocycles.